The summed E-state index contributed by atoms with van der Waals surface area (Å²) in [5.74, 6) is 2.56. The second-order valence-corrected chi connectivity index (χ2v) is 5.04. The summed E-state index contributed by atoms with van der Waals surface area (Å²) in [6.07, 6.45) is 6.71. The van der Waals surface area contributed by atoms with Crippen LogP contribution < -0.4 is 5.32 Å². The number of hydrogen-bond acceptors (Lipinski definition) is 2. The molecule has 0 aliphatic rings. The summed E-state index contributed by atoms with van der Waals surface area (Å²) in [6, 6.07) is 7.98. The third-order valence-electron chi connectivity index (χ3n) is 2.92. The highest BCUT2D eigenvalue weighted by molar-refractivity contribution is 7.17. The first-order chi connectivity index (χ1) is 8.76. The minimum Gasteiger partial charge on any atom is -0.348 e. The normalized spacial score (nSPS) is 12.0. The zero-order valence-corrected chi connectivity index (χ0v) is 11.1. The van der Waals surface area contributed by atoms with E-state index in [9.17, 15) is 4.79 Å². The Bertz CT molecular complexity index is 594. The van der Waals surface area contributed by atoms with Crippen molar-refractivity contribution >= 4 is 27.3 Å². The Morgan fingerprint density at radius 2 is 2.28 bits per heavy atom. The first kappa shape index (κ1) is 12.7. The van der Waals surface area contributed by atoms with E-state index in [-0.39, 0.29) is 11.9 Å². The summed E-state index contributed by atoms with van der Waals surface area (Å²) >= 11 is 1.59. The van der Waals surface area contributed by atoms with Crippen LogP contribution in [-0.2, 0) is 0 Å². The zero-order valence-electron chi connectivity index (χ0n) is 10.3. The van der Waals surface area contributed by atoms with Gasteiger partial charge in [-0.05, 0) is 12.5 Å². The number of nitrogens with one attached hydrogen (secondary N) is 1. The van der Waals surface area contributed by atoms with Gasteiger partial charge in [0.25, 0.3) is 5.91 Å². The fourth-order valence-corrected chi connectivity index (χ4v) is 2.80. The molecule has 1 unspecified atom stereocenters. The number of thiophene rings is 1. The SMILES string of the molecule is C#CCC(CC)NC(=O)c1csc2ccccc12. The summed E-state index contributed by atoms with van der Waals surface area (Å²) in [6.45, 7) is 2.02. The summed E-state index contributed by atoms with van der Waals surface area (Å²) in [5.41, 5.74) is 0.742. The molecule has 2 rings (SSSR count). The van der Waals surface area contributed by atoms with Gasteiger partial charge >= 0.3 is 0 Å². The summed E-state index contributed by atoms with van der Waals surface area (Å²) < 4.78 is 1.13. The largest absolute Gasteiger partial charge is 0.348 e. The van der Waals surface area contributed by atoms with Crippen LogP contribution >= 0.6 is 11.3 Å². The highest BCUT2D eigenvalue weighted by Crippen LogP contribution is 2.25. The van der Waals surface area contributed by atoms with E-state index in [1.165, 1.54) is 0 Å². The lowest BCUT2D eigenvalue weighted by atomic mass is 10.1. The number of fused-ring (bicyclic) bond motifs is 1. The lowest BCUT2D eigenvalue weighted by Gasteiger charge is -2.13. The Hall–Kier alpha value is -1.79. The lowest BCUT2D eigenvalue weighted by molar-refractivity contribution is 0.0939. The molecule has 3 heteroatoms. The van der Waals surface area contributed by atoms with Gasteiger partial charge in [-0.25, -0.2) is 0 Å². The molecule has 1 aromatic heterocycles. The average Bonchev–Trinajstić information content (AvgIpc) is 2.82. The second-order valence-electron chi connectivity index (χ2n) is 4.13. The van der Waals surface area contributed by atoms with Crippen molar-refractivity contribution in [1.82, 2.24) is 5.32 Å². The Kier molecular flexibility index (Phi) is 4.01. The Balaban J connectivity index is 2.21. The minimum absolute atomic E-state index is 0.0328. The molecule has 0 fully saturated rings. The fourth-order valence-electron chi connectivity index (χ4n) is 1.86. The lowest BCUT2D eigenvalue weighted by Crippen LogP contribution is -2.33. The molecule has 1 N–H and O–H groups in total. The van der Waals surface area contributed by atoms with E-state index in [2.05, 4.69) is 11.2 Å². The summed E-state index contributed by atoms with van der Waals surface area (Å²) in [5, 5.41) is 5.90. The predicted octanol–water partition coefficient (Wildman–Crippen LogP) is 3.43. The van der Waals surface area contributed by atoms with Gasteiger partial charge < -0.3 is 5.32 Å². The van der Waals surface area contributed by atoms with Crippen LogP contribution in [0, 0.1) is 12.3 Å². The molecule has 2 nitrogen and oxygen atoms in total. The molecular formula is C15H15NOS. The number of hydrogen-bond donors (Lipinski definition) is 1. The van der Waals surface area contributed by atoms with E-state index < -0.39 is 0 Å². The molecule has 0 radical (unpaired) electrons. The van der Waals surface area contributed by atoms with E-state index in [1.54, 1.807) is 11.3 Å². The molecule has 92 valence electrons. The van der Waals surface area contributed by atoms with Gasteiger partial charge in [0.15, 0.2) is 0 Å². The number of rotatable bonds is 4. The first-order valence-electron chi connectivity index (χ1n) is 5.96. The van der Waals surface area contributed by atoms with Crippen LogP contribution in [0.3, 0.4) is 0 Å². The van der Waals surface area contributed by atoms with Crippen molar-refractivity contribution in [3.05, 3.63) is 35.2 Å². The van der Waals surface area contributed by atoms with Crippen molar-refractivity contribution in [1.29, 1.82) is 0 Å². The first-order valence-corrected chi connectivity index (χ1v) is 6.84. The average molecular weight is 257 g/mol. The maximum atomic E-state index is 12.2. The van der Waals surface area contributed by atoms with E-state index in [0.717, 1.165) is 22.1 Å². The van der Waals surface area contributed by atoms with Crippen molar-refractivity contribution in [3.63, 3.8) is 0 Å². The van der Waals surface area contributed by atoms with Crippen LogP contribution in [0.25, 0.3) is 10.1 Å². The smallest absolute Gasteiger partial charge is 0.253 e. The van der Waals surface area contributed by atoms with E-state index >= 15 is 0 Å². The van der Waals surface area contributed by atoms with Gasteiger partial charge in [0.1, 0.15) is 0 Å². The Labute approximate surface area is 111 Å². The summed E-state index contributed by atoms with van der Waals surface area (Å²) in [4.78, 5) is 12.2. The van der Waals surface area contributed by atoms with Crippen molar-refractivity contribution < 1.29 is 4.79 Å². The van der Waals surface area contributed by atoms with Crippen molar-refractivity contribution in [2.75, 3.05) is 0 Å². The fraction of sp³-hybridized carbons (Fsp3) is 0.267. The van der Waals surface area contributed by atoms with Crippen LogP contribution in [0.2, 0.25) is 0 Å². The molecule has 1 heterocycles. The molecule has 0 saturated heterocycles. The van der Waals surface area contributed by atoms with E-state index in [1.807, 2.05) is 36.6 Å². The van der Waals surface area contributed by atoms with Gasteiger partial charge in [0.05, 0.1) is 5.56 Å². The van der Waals surface area contributed by atoms with E-state index in [4.69, 9.17) is 6.42 Å². The van der Waals surface area contributed by atoms with Crippen LogP contribution in [0.4, 0.5) is 0 Å². The predicted molar refractivity (Wildman–Crippen MR) is 76.8 cm³/mol. The molecule has 0 spiro atoms. The standard InChI is InChI=1S/C15H15NOS/c1-3-7-11(4-2)16-15(17)13-10-18-14-9-6-5-8-12(13)14/h1,5-6,8-11H,4,7H2,2H3,(H,16,17). The quantitative estimate of drug-likeness (QED) is 0.835. The third kappa shape index (κ3) is 2.55. The number of terminal acetylenes is 1. The van der Waals surface area contributed by atoms with Gasteiger partial charge in [-0.3, -0.25) is 4.79 Å². The molecular weight excluding hydrogens is 242 g/mol. The molecule has 1 amide bonds. The second kappa shape index (κ2) is 5.70. The Morgan fingerprint density at radius 1 is 1.50 bits per heavy atom. The highest BCUT2D eigenvalue weighted by Gasteiger charge is 2.14. The van der Waals surface area contributed by atoms with Crippen molar-refractivity contribution in [2.45, 2.75) is 25.8 Å². The highest BCUT2D eigenvalue weighted by atomic mass is 32.1. The van der Waals surface area contributed by atoms with Crippen molar-refractivity contribution in [3.8, 4) is 12.3 Å². The van der Waals surface area contributed by atoms with Crippen LogP contribution in [0.15, 0.2) is 29.6 Å². The molecule has 18 heavy (non-hydrogen) atoms. The molecule has 0 aliphatic heterocycles. The Morgan fingerprint density at radius 3 is 3.00 bits per heavy atom. The topological polar surface area (TPSA) is 29.1 Å². The van der Waals surface area contributed by atoms with Gasteiger partial charge in [0, 0.05) is 27.9 Å². The van der Waals surface area contributed by atoms with Gasteiger partial charge in [-0.1, -0.05) is 25.1 Å². The number of carbonyl (C=O) groups is 1. The monoisotopic (exact) mass is 257 g/mol. The van der Waals surface area contributed by atoms with E-state index in [0.29, 0.717) is 6.42 Å². The van der Waals surface area contributed by atoms with Crippen LogP contribution in [0.5, 0.6) is 0 Å². The molecule has 0 aliphatic carbocycles. The third-order valence-corrected chi connectivity index (χ3v) is 3.88. The maximum absolute atomic E-state index is 12.2. The minimum atomic E-state index is -0.0328. The number of amides is 1. The van der Waals surface area contributed by atoms with Gasteiger partial charge in [0.2, 0.25) is 0 Å². The molecule has 1 aromatic carbocycles. The van der Waals surface area contributed by atoms with Crippen molar-refractivity contribution in [2.24, 2.45) is 0 Å². The maximum Gasteiger partial charge on any atom is 0.253 e. The molecule has 1 atom stereocenters. The number of carbonyl (C=O) groups excluding carboxylic acids is 1. The van der Waals surface area contributed by atoms with Crippen LogP contribution in [0.1, 0.15) is 30.1 Å². The number of benzene rings is 1. The molecule has 0 bridgehead atoms. The van der Waals surface area contributed by atoms with Gasteiger partial charge in [-0.15, -0.1) is 23.7 Å². The summed E-state index contributed by atoms with van der Waals surface area (Å²) in [7, 11) is 0. The molecule has 0 saturated carbocycles. The zero-order chi connectivity index (χ0) is 13.0. The van der Waals surface area contributed by atoms with Gasteiger partial charge in [-0.2, -0.15) is 0 Å². The molecule has 2 aromatic rings. The van der Waals surface area contributed by atoms with Crippen LogP contribution in [-0.4, -0.2) is 11.9 Å².